The highest BCUT2D eigenvalue weighted by atomic mass is 127. The standard InChI is InChI=1S/C19H14IN3O2/c1-25-16-8-12(7-15(20)18(16)24)17-13(9-21)19(22)23-10-14(17)11-5-3-2-4-6-11/h2-8,10,24H,1H3,(H2,22,23). The Morgan fingerprint density at radius 1 is 1.20 bits per heavy atom. The normalized spacial score (nSPS) is 10.3. The van der Waals surface area contributed by atoms with Gasteiger partial charge in [0.15, 0.2) is 11.5 Å². The van der Waals surface area contributed by atoms with Crippen LogP contribution in [0, 0.1) is 14.9 Å². The average molecular weight is 443 g/mol. The van der Waals surface area contributed by atoms with Crippen LogP contribution in [0.4, 0.5) is 5.82 Å². The van der Waals surface area contributed by atoms with Crippen molar-refractivity contribution in [3.05, 3.63) is 57.8 Å². The van der Waals surface area contributed by atoms with Crippen LogP contribution in [0.5, 0.6) is 11.5 Å². The molecule has 0 fully saturated rings. The van der Waals surface area contributed by atoms with E-state index in [2.05, 4.69) is 11.1 Å². The molecule has 0 aliphatic carbocycles. The molecule has 0 aliphatic heterocycles. The van der Waals surface area contributed by atoms with Gasteiger partial charge in [-0.2, -0.15) is 5.26 Å². The molecule has 5 nitrogen and oxygen atoms in total. The fourth-order valence-electron chi connectivity index (χ4n) is 2.65. The van der Waals surface area contributed by atoms with Gasteiger partial charge in [-0.15, -0.1) is 0 Å². The van der Waals surface area contributed by atoms with Crippen LogP contribution < -0.4 is 10.5 Å². The van der Waals surface area contributed by atoms with Crippen LogP contribution in [-0.2, 0) is 0 Å². The number of nitriles is 1. The third kappa shape index (κ3) is 3.10. The number of phenolic OH excluding ortho intramolecular Hbond substituents is 1. The van der Waals surface area contributed by atoms with Crippen LogP contribution in [0.25, 0.3) is 22.3 Å². The molecule has 25 heavy (non-hydrogen) atoms. The van der Waals surface area contributed by atoms with Gasteiger partial charge in [-0.05, 0) is 45.9 Å². The number of anilines is 1. The number of aromatic hydroxyl groups is 1. The summed E-state index contributed by atoms with van der Waals surface area (Å²) in [6, 6.07) is 15.3. The molecule has 0 aliphatic rings. The molecule has 1 heterocycles. The molecule has 2 aromatic carbocycles. The minimum absolute atomic E-state index is 0.0636. The molecule has 0 radical (unpaired) electrons. The summed E-state index contributed by atoms with van der Waals surface area (Å²) in [6.45, 7) is 0. The number of nitrogens with two attached hydrogens (primary N) is 1. The van der Waals surface area contributed by atoms with Gasteiger partial charge in [-0.1, -0.05) is 30.3 Å². The zero-order chi connectivity index (χ0) is 18.0. The molecule has 1 aromatic heterocycles. The van der Waals surface area contributed by atoms with E-state index in [0.29, 0.717) is 20.4 Å². The molecule has 0 atom stereocenters. The largest absolute Gasteiger partial charge is 0.504 e. The number of pyridine rings is 1. The fraction of sp³-hybridized carbons (Fsp3) is 0.0526. The van der Waals surface area contributed by atoms with Crippen molar-refractivity contribution in [2.24, 2.45) is 0 Å². The second kappa shape index (κ2) is 6.99. The summed E-state index contributed by atoms with van der Waals surface area (Å²) < 4.78 is 5.87. The lowest BCUT2D eigenvalue weighted by molar-refractivity contribution is 0.372. The lowest BCUT2D eigenvalue weighted by atomic mass is 9.92. The average Bonchev–Trinajstić information content (AvgIpc) is 2.64. The van der Waals surface area contributed by atoms with Gasteiger partial charge in [0.1, 0.15) is 17.5 Å². The highest BCUT2D eigenvalue weighted by Crippen LogP contribution is 2.41. The van der Waals surface area contributed by atoms with Gasteiger partial charge in [-0.3, -0.25) is 0 Å². The monoisotopic (exact) mass is 443 g/mol. The van der Waals surface area contributed by atoms with Crippen molar-refractivity contribution in [3.8, 4) is 39.8 Å². The molecule has 124 valence electrons. The number of halogens is 1. The summed E-state index contributed by atoms with van der Waals surface area (Å²) in [7, 11) is 1.49. The van der Waals surface area contributed by atoms with Gasteiger partial charge < -0.3 is 15.6 Å². The fourth-order valence-corrected chi connectivity index (χ4v) is 3.25. The third-order valence-electron chi connectivity index (χ3n) is 3.84. The summed E-state index contributed by atoms with van der Waals surface area (Å²) in [5.41, 5.74) is 9.33. The minimum atomic E-state index is 0.0636. The number of hydrogen-bond acceptors (Lipinski definition) is 5. The van der Waals surface area contributed by atoms with Crippen LogP contribution in [0.1, 0.15) is 5.56 Å². The maximum atomic E-state index is 10.1. The van der Waals surface area contributed by atoms with E-state index in [-0.39, 0.29) is 11.6 Å². The maximum Gasteiger partial charge on any atom is 0.171 e. The van der Waals surface area contributed by atoms with Gasteiger partial charge in [-0.25, -0.2) is 4.98 Å². The Morgan fingerprint density at radius 3 is 2.56 bits per heavy atom. The van der Waals surface area contributed by atoms with Crippen molar-refractivity contribution in [2.75, 3.05) is 12.8 Å². The van der Waals surface area contributed by atoms with E-state index in [1.165, 1.54) is 7.11 Å². The Balaban J connectivity index is 2.37. The zero-order valence-electron chi connectivity index (χ0n) is 13.3. The van der Waals surface area contributed by atoms with E-state index in [0.717, 1.165) is 16.7 Å². The Bertz CT molecular complexity index is 982. The van der Waals surface area contributed by atoms with Crippen molar-refractivity contribution in [2.45, 2.75) is 0 Å². The second-order valence-corrected chi connectivity index (χ2v) is 6.46. The molecule has 3 N–H and O–H groups in total. The molecule has 0 unspecified atom stereocenters. The van der Waals surface area contributed by atoms with Crippen LogP contribution in [0.2, 0.25) is 0 Å². The first-order valence-electron chi connectivity index (χ1n) is 7.37. The molecular weight excluding hydrogens is 429 g/mol. The summed E-state index contributed by atoms with van der Waals surface area (Å²) in [5, 5.41) is 19.7. The first-order chi connectivity index (χ1) is 12.1. The first-order valence-corrected chi connectivity index (χ1v) is 8.45. The number of hydrogen-bond donors (Lipinski definition) is 2. The molecule has 0 amide bonds. The minimum Gasteiger partial charge on any atom is -0.504 e. The highest BCUT2D eigenvalue weighted by Gasteiger charge is 2.19. The van der Waals surface area contributed by atoms with Crippen LogP contribution in [-0.4, -0.2) is 17.2 Å². The predicted molar refractivity (Wildman–Crippen MR) is 105 cm³/mol. The third-order valence-corrected chi connectivity index (χ3v) is 4.66. The topological polar surface area (TPSA) is 92.2 Å². The van der Waals surface area contributed by atoms with Gasteiger partial charge in [0.25, 0.3) is 0 Å². The molecule has 6 heteroatoms. The van der Waals surface area contributed by atoms with Crippen LogP contribution in [0.3, 0.4) is 0 Å². The molecule has 0 saturated carbocycles. The number of nitrogens with zero attached hydrogens (tertiary/aromatic N) is 2. The number of rotatable bonds is 3. The van der Waals surface area contributed by atoms with Crippen molar-refractivity contribution in [1.82, 2.24) is 4.98 Å². The molecule has 0 spiro atoms. The zero-order valence-corrected chi connectivity index (χ0v) is 15.5. The number of phenols is 1. The van der Waals surface area contributed by atoms with Gasteiger partial charge in [0.2, 0.25) is 0 Å². The summed E-state index contributed by atoms with van der Waals surface area (Å²) in [6.07, 6.45) is 1.66. The van der Waals surface area contributed by atoms with E-state index in [1.54, 1.807) is 18.3 Å². The van der Waals surface area contributed by atoms with Crippen molar-refractivity contribution >= 4 is 28.4 Å². The summed E-state index contributed by atoms with van der Waals surface area (Å²) in [5.74, 6) is 0.563. The maximum absolute atomic E-state index is 10.1. The Morgan fingerprint density at radius 2 is 1.92 bits per heavy atom. The van der Waals surface area contributed by atoms with Crippen molar-refractivity contribution < 1.29 is 9.84 Å². The smallest absolute Gasteiger partial charge is 0.171 e. The van der Waals surface area contributed by atoms with Crippen LogP contribution >= 0.6 is 22.6 Å². The number of aromatic nitrogens is 1. The first kappa shape index (κ1) is 17.0. The number of methoxy groups -OCH3 is 1. The Kier molecular flexibility index (Phi) is 4.76. The molecule has 0 saturated heterocycles. The molecule has 0 bridgehead atoms. The second-order valence-electron chi connectivity index (χ2n) is 5.29. The van der Waals surface area contributed by atoms with Crippen LogP contribution in [0.15, 0.2) is 48.7 Å². The highest BCUT2D eigenvalue weighted by molar-refractivity contribution is 14.1. The van der Waals surface area contributed by atoms with Crippen molar-refractivity contribution in [1.29, 1.82) is 5.26 Å². The lowest BCUT2D eigenvalue weighted by Gasteiger charge is -2.15. The summed E-state index contributed by atoms with van der Waals surface area (Å²) >= 11 is 2.02. The van der Waals surface area contributed by atoms with Crippen molar-refractivity contribution in [3.63, 3.8) is 0 Å². The lowest BCUT2D eigenvalue weighted by Crippen LogP contribution is -2.00. The molecular formula is C19H14IN3O2. The predicted octanol–water partition coefficient (Wildman–Crippen LogP) is 4.19. The van der Waals surface area contributed by atoms with Gasteiger partial charge in [0.05, 0.1) is 10.7 Å². The quantitative estimate of drug-likeness (QED) is 0.593. The number of nitrogen functional groups attached to an aromatic ring is 1. The SMILES string of the molecule is COc1cc(-c2c(-c3ccccc3)cnc(N)c2C#N)cc(I)c1O. The van der Waals surface area contributed by atoms with E-state index in [4.69, 9.17) is 10.5 Å². The molecule has 3 rings (SSSR count). The summed E-state index contributed by atoms with van der Waals surface area (Å²) in [4.78, 5) is 4.17. The van der Waals surface area contributed by atoms with E-state index < -0.39 is 0 Å². The van der Waals surface area contributed by atoms with Gasteiger partial charge in [0, 0.05) is 17.3 Å². The van der Waals surface area contributed by atoms with E-state index >= 15 is 0 Å². The van der Waals surface area contributed by atoms with E-state index in [9.17, 15) is 10.4 Å². The van der Waals surface area contributed by atoms with Gasteiger partial charge >= 0.3 is 0 Å². The Hall–Kier alpha value is -2.79. The van der Waals surface area contributed by atoms with E-state index in [1.807, 2.05) is 52.9 Å². The number of ether oxygens (including phenoxy) is 1. The number of benzene rings is 2. The Labute approximate surface area is 158 Å². The molecule has 3 aromatic rings.